The molecule has 4 heteroatoms. The molecule has 1 N–H and O–H groups in total. The molecule has 0 unspecified atom stereocenters. The predicted molar refractivity (Wildman–Crippen MR) is 46.6 cm³/mol. The van der Waals surface area contributed by atoms with Crippen molar-refractivity contribution in [3.8, 4) is 0 Å². The molecule has 0 radical (unpaired) electrons. The maximum Gasteiger partial charge on any atom is 0.163 e. The van der Waals surface area contributed by atoms with Crippen molar-refractivity contribution in [3.63, 3.8) is 0 Å². The van der Waals surface area contributed by atoms with E-state index in [2.05, 4.69) is 28.9 Å². The van der Waals surface area contributed by atoms with E-state index >= 15 is 0 Å². The summed E-state index contributed by atoms with van der Waals surface area (Å²) in [5.74, 6) is 0. The maximum atomic E-state index is 3.48. The average molecular weight is 160 g/mol. The molecule has 1 aliphatic rings. The molecule has 0 aromatic carbocycles. The van der Waals surface area contributed by atoms with Crippen LogP contribution < -0.4 is 4.98 Å². The largest absolute Gasteiger partial charge is 0.337 e. The molecule has 54 valence electrons. The highest BCUT2D eigenvalue weighted by Gasteiger charge is 2.25. The Balaban J connectivity index is 2.42. The Morgan fingerprint density at radius 3 is 2.33 bits per heavy atom. The first kappa shape index (κ1) is 7.46. The molecule has 0 amide bonds. The van der Waals surface area contributed by atoms with Gasteiger partial charge in [0.1, 0.15) is 8.24 Å². The summed E-state index contributed by atoms with van der Waals surface area (Å²) in [6.07, 6.45) is 0. The van der Waals surface area contributed by atoms with Gasteiger partial charge >= 0.3 is 0 Å². The molecule has 0 spiro atoms. The fourth-order valence-corrected chi connectivity index (χ4v) is 5.00. The predicted octanol–water partition coefficient (Wildman–Crippen LogP) is -0.275. The van der Waals surface area contributed by atoms with E-state index in [1.165, 1.54) is 13.1 Å². The van der Waals surface area contributed by atoms with E-state index in [0.717, 1.165) is 0 Å². The van der Waals surface area contributed by atoms with E-state index in [-0.39, 0.29) is 9.84 Å². The van der Waals surface area contributed by atoms with Crippen LogP contribution in [0.5, 0.6) is 0 Å². The van der Waals surface area contributed by atoms with Gasteiger partial charge in [0.15, 0.2) is 9.84 Å². The lowest BCUT2D eigenvalue weighted by Crippen LogP contribution is -2.46. The van der Waals surface area contributed by atoms with E-state index in [0.29, 0.717) is 0 Å². The Labute approximate surface area is 60.7 Å². The third-order valence-corrected chi connectivity index (χ3v) is 8.53. The molecule has 0 bridgehead atoms. The number of rotatable bonds is 1. The maximum absolute atomic E-state index is 3.48. The smallest absolute Gasteiger partial charge is 0.163 e. The SMILES string of the molecule is C[Si](C)(C)N1CCN[SiH2]1. The summed E-state index contributed by atoms with van der Waals surface area (Å²) in [6.45, 7) is 9.84. The zero-order valence-electron chi connectivity index (χ0n) is 6.57. The minimum absolute atomic E-state index is 0.00193. The van der Waals surface area contributed by atoms with Crippen LogP contribution in [0.25, 0.3) is 0 Å². The molecule has 1 saturated heterocycles. The minimum atomic E-state index is -0.892. The van der Waals surface area contributed by atoms with E-state index in [9.17, 15) is 0 Å². The Hall–Kier alpha value is 0.354. The molecule has 1 rings (SSSR count). The number of nitrogens with zero attached hydrogens (tertiary/aromatic N) is 1. The summed E-state index contributed by atoms with van der Waals surface area (Å²) in [6, 6.07) is 0. The van der Waals surface area contributed by atoms with Crippen LogP contribution in [0.3, 0.4) is 0 Å². The van der Waals surface area contributed by atoms with Crippen molar-refractivity contribution >= 4 is 18.1 Å². The van der Waals surface area contributed by atoms with Crippen LogP contribution in [0, 0.1) is 0 Å². The zero-order valence-corrected chi connectivity index (χ0v) is 8.98. The van der Waals surface area contributed by atoms with Crippen LogP contribution in [0.15, 0.2) is 0 Å². The van der Waals surface area contributed by atoms with Crippen LogP contribution >= 0.6 is 0 Å². The highest BCUT2D eigenvalue weighted by atomic mass is 28.4. The molecule has 0 aliphatic carbocycles. The first-order valence-electron chi connectivity index (χ1n) is 3.56. The Kier molecular flexibility index (Phi) is 2.10. The molecular weight excluding hydrogens is 144 g/mol. The number of nitrogens with one attached hydrogen (secondary N) is 1. The van der Waals surface area contributed by atoms with Crippen molar-refractivity contribution < 1.29 is 0 Å². The lowest BCUT2D eigenvalue weighted by atomic mass is 10.7. The summed E-state index contributed by atoms with van der Waals surface area (Å²) >= 11 is 0. The van der Waals surface area contributed by atoms with Crippen molar-refractivity contribution in [2.24, 2.45) is 0 Å². The van der Waals surface area contributed by atoms with Crippen molar-refractivity contribution in [1.82, 2.24) is 9.21 Å². The van der Waals surface area contributed by atoms with Gasteiger partial charge in [-0.1, -0.05) is 19.6 Å². The minimum Gasteiger partial charge on any atom is -0.337 e. The van der Waals surface area contributed by atoms with Crippen LogP contribution in [-0.4, -0.2) is 35.4 Å². The standard InChI is InChI=1S/C5H16N2Si2/c1-9(2,3)7-5-4-6-8-7/h6H,4-5,8H2,1-3H3. The molecule has 9 heavy (non-hydrogen) atoms. The molecular formula is C5H16N2Si2. The highest BCUT2D eigenvalue weighted by molar-refractivity contribution is 6.78. The lowest BCUT2D eigenvalue weighted by molar-refractivity contribution is 0.701. The number of hydrogen-bond donors (Lipinski definition) is 1. The van der Waals surface area contributed by atoms with E-state index in [1.54, 1.807) is 0 Å². The fourth-order valence-electron chi connectivity index (χ4n) is 1.08. The van der Waals surface area contributed by atoms with Gasteiger partial charge in [-0.05, 0) is 6.54 Å². The molecule has 1 aliphatic heterocycles. The van der Waals surface area contributed by atoms with Gasteiger partial charge in [-0.15, -0.1) is 0 Å². The van der Waals surface area contributed by atoms with E-state index in [4.69, 9.17) is 0 Å². The van der Waals surface area contributed by atoms with Gasteiger partial charge in [0.05, 0.1) is 0 Å². The molecule has 2 nitrogen and oxygen atoms in total. The second-order valence-electron chi connectivity index (χ2n) is 3.59. The van der Waals surface area contributed by atoms with Crippen molar-refractivity contribution in [1.29, 1.82) is 0 Å². The summed E-state index contributed by atoms with van der Waals surface area (Å²) in [7, 11) is -0.894. The van der Waals surface area contributed by atoms with Crippen molar-refractivity contribution in [2.75, 3.05) is 13.1 Å². The molecule has 0 atom stereocenters. The fraction of sp³-hybridized carbons (Fsp3) is 1.00. The second kappa shape index (κ2) is 2.53. The molecule has 1 heterocycles. The van der Waals surface area contributed by atoms with Crippen LogP contribution in [-0.2, 0) is 0 Å². The van der Waals surface area contributed by atoms with Gasteiger partial charge in [-0.2, -0.15) is 0 Å². The molecule has 0 aromatic rings. The topological polar surface area (TPSA) is 15.3 Å². The normalized spacial score (nSPS) is 25.7. The molecule has 0 saturated carbocycles. The van der Waals surface area contributed by atoms with Gasteiger partial charge in [0.2, 0.25) is 0 Å². The second-order valence-corrected chi connectivity index (χ2v) is 10.8. The van der Waals surface area contributed by atoms with Gasteiger partial charge in [-0.25, -0.2) is 0 Å². The average Bonchev–Trinajstić information content (AvgIpc) is 2.08. The van der Waals surface area contributed by atoms with Crippen molar-refractivity contribution in [2.45, 2.75) is 19.6 Å². The number of hydrogen-bond acceptors (Lipinski definition) is 2. The zero-order chi connectivity index (χ0) is 6.91. The summed E-state index contributed by atoms with van der Waals surface area (Å²) in [5.41, 5.74) is 0. The van der Waals surface area contributed by atoms with Gasteiger partial charge in [-0.3, -0.25) is 0 Å². The van der Waals surface area contributed by atoms with Crippen LogP contribution in [0.1, 0.15) is 0 Å². The molecule has 1 fully saturated rings. The Morgan fingerprint density at radius 2 is 2.11 bits per heavy atom. The summed E-state index contributed by atoms with van der Waals surface area (Å²) in [5, 5.41) is 0. The third kappa shape index (κ3) is 1.89. The Morgan fingerprint density at radius 1 is 1.44 bits per heavy atom. The van der Waals surface area contributed by atoms with Crippen LogP contribution in [0.2, 0.25) is 19.6 Å². The van der Waals surface area contributed by atoms with Crippen LogP contribution in [0.4, 0.5) is 0 Å². The van der Waals surface area contributed by atoms with E-state index < -0.39 is 8.24 Å². The quantitative estimate of drug-likeness (QED) is 0.531. The Bertz CT molecular complexity index is 93.6. The highest BCUT2D eigenvalue weighted by Crippen LogP contribution is 2.07. The lowest BCUT2D eigenvalue weighted by Gasteiger charge is -2.28. The third-order valence-electron chi connectivity index (χ3n) is 1.81. The first-order valence-corrected chi connectivity index (χ1v) is 8.35. The van der Waals surface area contributed by atoms with Gasteiger partial charge < -0.3 is 9.21 Å². The van der Waals surface area contributed by atoms with E-state index in [1.807, 2.05) is 0 Å². The van der Waals surface area contributed by atoms with Gasteiger partial charge in [0.25, 0.3) is 0 Å². The first-order chi connectivity index (χ1) is 4.11. The van der Waals surface area contributed by atoms with Crippen molar-refractivity contribution in [3.05, 3.63) is 0 Å². The van der Waals surface area contributed by atoms with Gasteiger partial charge in [0, 0.05) is 6.54 Å². The summed E-state index contributed by atoms with van der Waals surface area (Å²) < 4.78 is 2.72. The summed E-state index contributed by atoms with van der Waals surface area (Å²) in [4.78, 5) is 3.48. The monoisotopic (exact) mass is 160 g/mol. The molecule has 0 aromatic heterocycles.